The van der Waals surface area contributed by atoms with Crippen molar-refractivity contribution in [3.8, 4) is 0 Å². The Bertz CT molecular complexity index is 800. The minimum atomic E-state index is -0.0748. The van der Waals surface area contributed by atoms with Gasteiger partial charge in [0.1, 0.15) is 0 Å². The molecule has 0 fully saturated rings. The molecule has 5 nitrogen and oxygen atoms in total. The van der Waals surface area contributed by atoms with Gasteiger partial charge in [0.15, 0.2) is 0 Å². The monoisotopic (exact) mass is 367 g/mol. The fourth-order valence-corrected chi connectivity index (χ4v) is 2.66. The van der Waals surface area contributed by atoms with E-state index in [0.717, 1.165) is 16.8 Å². The van der Waals surface area contributed by atoms with Gasteiger partial charge in [-0.15, -0.1) is 0 Å². The molecule has 2 amide bonds. The number of hydrogen-bond donors (Lipinski definition) is 3. The Hall–Kier alpha value is -2.82. The first-order valence-corrected chi connectivity index (χ1v) is 9.30. The fraction of sp³-hybridized carbons (Fsp3) is 0.364. The molecule has 2 aromatic carbocycles. The molecule has 0 saturated heterocycles. The zero-order valence-electron chi connectivity index (χ0n) is 16.6. The largest absolute Gasteiger partial charge is 0.376 e. The van der Waals surface area contributed by atoms with Crippen LogP contribution in [0.25, 0.3) is 0 Å². The summed E-state index contributed by atoms with van der Waals surface area (Å²) in [4.78, 5) is 24.2. The summed E-state index contributed by atoms with van der Waals surface area (Å²) in [5, 5.41) is 8.95. The topological polar surface area (TPSA) is 70.2 Å². The van der Waals surface area contributed by atoms with Crippen molar-refractivity contribution in [3.63, 3.8) is 0 Å². The third kappa shape index (κ3) is 6.77. The van der Waals surface area contributed by atoms with Gasteiger partial charge in [-0.2, -0.15) is 0 Å². The molecule has 0 unspecified atom stereocenters. The minimum Gasteiger partial charge on any atom is -0.376 e. The molecule has 0 spiro atoms. The van der Waals surface area contributed by atoms with Crippen molar-refractivity contribution in [1.29, 1.82) is 0 Å². The molecule has 27 heavy (non-hydrogen) atoms. The highest BCUT2D eigenvalue weighted by atomic mass is 16.2. The maximum Gasteiger partial charge on any atom is 0.251 e. The first kappa shape index (κ1) is 20.5. The number of aryl methyl sites for hydroxylation is 2. The summed E-state index contributed by atoms with van der Waals surface area (Å²) in [6.07, 6.45) is 0. The van der Waals surface area contributed by atoms with E-state index in [2.05, 4.69) is 35.9 Å². The normalized spacial score (nSPS) is 10.6. The summed E-state index contributed by atoms with van der Waals surface area (Å²) in [7, 11) is 0. The van der Waals surface area contributed by atoms with Crippen molar-refractivity contribution < 1.29 is 9.59 Å². The van der Waals surface area contributed by atoms with Gasteiger partial charge in [0.25, 0.3) is 5.91 Å². The lowest BCUT2D eigenvalue weighted by atomic mass is 10.1. The summed E-state index contributed by atoms with van der Waals surface area (Å²) < 4.78 is 0. The zero-order chi connectivity index (χ0) is 19.8. The third-order valence-corrected chi connectivity index (χ3v) is 4.17. The molecular weight excluding hydrogens is 338 g/mol. The van der Waals surface area contributed by atoms with E-state index in [1.165, 1.54) is 5.56 Å². The standard InChI is InChI=1S/C22H29N3O2/c1-15(2)12-25-22(27)19-8-9-20(17(4)11-19)23-14-21(26)24-13-18-7-5-6-16(3)10-18/h5-11,15,23H,12-14H2,1-4H3,(H,24,26)(H,25,27). The molecule has 3 N–H and O–H groups in total. The maximum absolute atomic E-state index is 12.1. The van der Waals surface area contributed by atoms with Crippen LogP contribution in [0.15, 0.2) is 42.5 Å². The van der Waals surface area contributed by atoms with E-state index >= 15 is 0 Å². The molecule has 0 aliphatic carbocycles. The van der Waals surface area contributed by atoms with Gasteiger partial charge in [0.2, 0.25) is 5.91 Å². The second kappa shape index (κ2) is 9.76. The van der Waals surface area contributed by atoms with Crippen LogP contribution in [0.3, 0.4) is 0 Å². The molecule has 144 valence electrons. The molecule has 2 aromatic rings. The molecule has 0 aliphatic heterocycles. The highest BCUT2D eigenvalue weighted by Crippen LogP contribution is 2.16. The van der Waals surface area contributed by atoms with E-state index in [1.807, 2.05) is 44.2 Å². The van der Waals surface area contributed by atoms with E-state index in [9.17, 15) is 9.59 Å². The molecule has 0 heterocycles. The van der Waals surface area contributed by atoms with Gasteiger partial charge >= 0.3 is 0 Å². The van der Waals surface area contributed by atoms with Gasteiger partial charge < -0.3 is 16.0 Å². The fourth-order valence-electron chi connectivity index (χ4n) is 2.66. The van der Waals surface area contributed by atoms with Crippen molar-refractivity contribution in [3.05, 3.63) is 64.7 Å². The quantitative estimate of drug-likeness (QED) is 0.670. The van der Waals surface area contributed by atoms with Crippen molar-refractivity contribution in [2.75, 3.05) is 18.4 Å². The van der Waals surface area contributed by atoms with Gasteiger partial charge in [0, 0.05) is 24.3 Å². The lowest BCUT2D eigenvalue weighted by Crippen LogP contribution is -2.29. The molecule has 0 aliphatic rings. The number of rotatable bonds is 8. The minimum absolute atomic E-state index is 0.0744. The summed E-state index contributed by atoms with van der Waals surface area (Å²) in [6, 6.07) is 13.5. The molecule has 5 heteroatoms. The summed E-state index contributed by atoms with van der Waals surface area (Å²) in [5.74, 6) is 0.262. The average Bonchev–Trinajstić information content (AvgIpc) is 2.63. The van der Waals surface area contributed by atoms with Crippen LogP contribution in [0.5, 0.6) is 0 Å². The first-order chi connectivity index (χ1) is 12.8. The number of amides is 2. The van der Waals surface area contributed by atoms with Crippen LogP contribution in [0.1, 0.15) is 40.9 Å². The van der Waals surface area contributed by atoms with E-state index in [4.69, 9.17) is 0 Å². The van der Waals surface area contributed by atoms with Crippen molar-refractivity contribution in [2.45, 2.75) is 34.2 Å². The second-order valence-electron chi connectivity index (χ2n) is 7.25. The molecular formula is C22H29N3O2. The molecule has 0 aromatic heterocycles. The van der Waals surface area contributed by atoms with Crippen molar-refractivity contribution in [1.82, 2.24) is 10.6 Å². The Balaban J connectivity index is 1.84. The van der Waals surface area contributed by atoms with Crippen molar-refractivity contribution >= 4 is 17.5 Å². The Kier molecular flexibility index (Phi) is 7.41. The Morgan fingerprint density at radius 1 is 1.00 bits per heavy atom. The lowest BCUT2D eigenvalue weighted by Gasteiger charge is -2.12. The van der Waals surface area contributed by atoms with Crippen LogP contribution < -0.4 is 16.0 Å². The highest BCUT2D eigenvalue weighted by molar-refractivity contribution is 5.95. The zero-order valence-corrected chi connectivity index (χ0v) is 16.6. The van der Waals surface area contributed by atoms with Crippen LogP contribution in [-0.2, 0) is 11.3 Å². The Morgan fingerprint density at radius 3 is 2.44 bits per heavy atom. The van der Waals surface area contributed by atoms with Crippen LogP contribution in [-0.4, -0.2) is 24.9 Å². The number of nitrogens with one attached hydrogen (secondary N) is 3. The van der Waals surface area contributed by atoms with Gasteiger partial charge in [-0.25, -0.2) is 0 Å². The molecule has 2 rings (SSSR count). The molecule has 0 saturated carbocycles. The van der Waals surface area contributed by atoms with Gasteiger partial charge in [-0.3, -0.25) is 9.59 Å². The van der Waals surface area contributed by atoms with E-state index in [-0.39, 0.29) is 18.4 Å². The summed E-state index contributed by atoms with van der Waals surface area (Å²) in [5.41, 5.74) is 4.66. The first-order valence-electron chi connectivity index (χ1n) is 9.30. The number of benzene rings is 2. The summed E-state index contributed by atoms with van der Waals surface area (Å²) >= 11 is 0. The van der Waals surface area contributed by atoms with E-state index < -0.39 is 0 Å². The lowest BCUT2D eigenvalue weighted by molar-refractivity contribution is -0.119. The average molecular weight is 367 g/mol. The third-order valence-electron chi connectivity index (χ3n) is 4.17. The van der Waals surface area contributed by atoms with Gasteiger partial charge in [-0.05, 0) is 49.1 Å². The van der Waals surface area contributed by atoms with Gasteiger partial charge in [0.05, 0.1) is 6.54 Å². The Morgan fingerprint density at radius 2 is 1.78 bits per heavy atom. The van der Waals surface area contributed by atoms with Gasteiger partial charge in [-0.1, -0.05) is 43.7 Å². The maximum atomic E-state index is 12.1. The predicted molar refractivity (Wildman–Crippen MR) is 110 cm³/mol. The smallest absolute Gasteiger partial charge is 0.251 e. The molecule has 0 radical (unpaired) electrons. The van der Waals surface area contributed by atoms with E-state index in [0.29, 0.717) is 24.6 Å². The van der Waals surface area contributed by atoms with E-state index in [1.54, 1.807) is 6.07 Å². The van der Waals surface area contributed by atoms with Crippen LogP contribution >= 0.6 is 0 Å². The number of anilines is 1. The summed E-state index contributed by atoms with van der Waals surface area (Å²) in [6.45, 7) is 9.42. The number of carbonyl (C=O) groups is 2. The number of hydrogen-bond acceptors (Lipinski definition) is 3. The van der Waals surface area contributed by atoms with Crippen LogP contribution in [0, 0.1) is 19.8 Å². The van der Waals surface area contributed by atoms with Crippen LogP contribution in [0.2, 0.25) is 0 Å². The molecule has 0 bridgehead atoms. The SMILES string of the molecule is Cc1cccc(CNC(=O)CNc2ccc(C(=O)NCC(C)C)cc2C)c1. The predicted octanol–water partition coefficient (Wildman–Crippen LogP) is 3.42. The second-order valence-corrected chi connectivity index (χ2v) is 7.25. The van der Waals surface area contributed by atoms with Crippen LogP contribution in [0.4, 0.5) is 5.69 Å². The molecule has 0 atom stereocenters. The highest BCUT2D eigenvalue weighted by Gasteiger charge is 2.09. The van der Waals surface area contributed by atoms with Crippen molar-refractivity contribution in [2.24, 2.45) is 5.92 Å². The number of carbonyl (C=O) groups excluding carboxylic acids is 2. The Labute approximate surface area is 161 Å².